The number of epoxide rings is 1. The van der Waals surface area contributed by atoms with E-state index in [0.717, 1.165) is 31.3 Å². The molecule has 2 rings (SSSR count). The van der Waals surface area contributed by atoms with Gasteiger partial charge in [-0.1, -0.05) is 43.2 Å². The van der Waals surface area contributed by atoms with Gasteiger partial charge in [0.1, 0.15) is 17.5 Å². The fourth-order valence-corrected chi connectivity index (χ4v) is 4.26. The van der Waals surface area contributed by atoms with Crippen molar-refractivity contribution in [3.8, 4) is 0 Å². The number of ether oxygens (including phenoxy) is 2. The highest BCUT2D eigenvalue weighted by atomic mass is 16.6. The Morgan fingerprint density at radius 1 is 1.14 bits per heavy atom. The molecule has 0 spiro atoms. The van der Waals surface area contributed by atoms with Gasteiger partial charge in [0.15, 0.2) is 0 Å². The standard InChI is InChI=1S/C24H36O4/c1-15(2)20-13-11-16(3)9-8-10-17(4)12-14-21-24(7,28-21)22(18(5)25)23(20)27-19(6)26/h10-11,13,15,21-23H,8-9,12,14H2,1-7H3. The van der Waals surface area contributed by atoms with Gasteiger partial charge >= 0.3 is 5.97 Å². The highest BCUT2D eigenvalue weighted by molar-refractivity contribution is 5.82. The summed E-state index contributed by atoms with van der Waals surface area (Å²) in [6, 6.07) is 0. The first-order chi connectivity index (χ1) is 13.1. The zero-order chi connectivity index (χ0) is 21.1. The summed E-state index contributed by atoms with van der Waals surface area (Å²) in [5.41, 5.74) is 3.00. The van der Waals surface area contributed by atoms with E-state index in [1.807, 2.05) is 13.0 Å². The first kappa shape index (κ1) is 22.6. The van der Waals surface area contributed by atoms with Gasteiger partial charge in [0.25, 0.3) is 0 Å². The molecule has 2 aliphatic rings. The zero-order valence-corrected chi connectivity index (χ0v) is 18.5. The van der Waals surface area contributed by atoms with Crippen LogP contribution in [-0.4, -0.2) is 29.6 Å². The smallest absolute Gasteiger partial charge is 0.303 e. The molecule has 0 radical (unpaired) electrons. The van der Waals surface area contributed by atoms with Crippen molar-refractivity contribution in [1.29, 1.82) is 0 Å². The van der Waals surface area contributed by atoms with Gasteiger partial charge in [-0.15, -0.1) is 0 Å². The Kier molecular flexibility index (Phi) is 7.44. The van der Waals surface area contributed by atoms with Crippen LogP contribution in [0.2, 0.25) is 0 Å². The van der Waals surface area contributed by atoms with Crippen molar-refractivity contribution in [2.45, 2.75) is 92.0 Å². The van der Waals surface area contributed by atoms with E-state index in [-0.39, 0.29) is 23.8 Å². The molecule has 0 aromatic carbocycles. The highest BCUT2D eigenvalue weighted by Gasteiger charge is 2.61. The molecule has 28 heavy (non-hydrogen) atoms. The maximum atomic E-state index is 12.7. The van der Waals surface area contributed by atoms with Crippen molar-refractivity contribution in [2.24, 2.45) is 11.8 Å². The lowest BCUT2D eigenvalue weighted by Gasteiger charge is -2.32. The Hall–Kier alpha value is -1.68. The second kappa shape index (κ2) is 9.21. The molecule has 4 heteroatoms. The minimum atomic E-state index is -0.603. The first-order valence-corrected chi connectivity index (χ1v) is 10.4. The van der Waals surface area contributed by atoms with Crippen LogP contribution in [0.1, 0.15) is 74.1 Å². The Morgan fingerprint density at radius 3 is 2.39 bits per heavy atom. The van der Waals surface area contributed by atoms with Gasteiger partial charge in [-0.25, -0.2) is 0 Å². The van der Waals surface area contributed by atoms with E-state index < -0.39 is 17.6 Å². The molecule has 4 atom stereocenters. The molecular formula is C24H36O4. The molecule has 0 aromatic heterocycles. The topological polar surface area (TPSA) is 55.9 Å². The molecular weight excluding hydrogens is 352 g/mol. The van der Waals surface area contributed by atoms with E-state index in [1.54, 1.807) is 6.92 Å². The zero-order valence-electron chi connectivity index (χ0n) is 18.5. The van der Waals surface area contributed by atoms with Crippen molar-refractivity contribution < 1.29 is 19.1 Å². The molecule has 0 saturated carbocycles. The number of rotatable bonds is 3. The molecule has 0 bridgehead atoms. The number of Topliss-reactive ketones (excluding diaryl/α,β-unsaturated/α-hetero) is 1. The number of hydrogen-bond donors (Lipinski definition) is 0. The van der Waals surface area contributed by atoms with Crippen molar-refractivity contribution >= 4 is 11.8 Å². The van der Waals surface area contributed by atoms with Crippen LogP contribution in [0.4, 0.5) is 0 Å². The van der Waals surface area contributed by atoms with Crippen LogP contribution in [0.3, 0.4) is 0 Å². The molecule has 156 valence electrons. The second-order valence-electron chi connectivity index (χ2n) is 8.87. The molecule has 0 N–H and O–H groups in total. The number of carbonyl (C=O) groups excluding carboxylic acids is 2. The molecule has 0 amide bonds. The number of hydrogen-bond acceptors (Lipinski definition) is 4. The van der Waals surface area contributed by atoms with Crippen LogP contribution < -0.4 is 0 Å². The number of ketones is 1. The van der Waals surface area contributed by atoms with E-state index in [4.69, 9.17) is 9.47 Å². The van der Waals surface area contributed by atoms with Gasteiger partial charge < -0.3 is 9.47 Å². The molecule has 4 nitrogen and oxygen atoms in total. The summed E-state index contributed by atoms with van der Waals surface area (Å²) in [5, 5.41) is 0. The quantitative estimate of drug-likeness (QED) is 0.372. The summed E-state index contributed by atoms with van der Waals surface area (Å²) in [6.07, 6.45) is 9.71. The summed E-state index contributed by atoms with van der Waals surface area (Å²) >= 11 is 0. The lowest BCUT2D eigenvalue weighted by Crippen LogP contribution is -2.43. The maximum absolute atomic E-state index is 12.7. The van der Waals surface area contributed by atoms with E-state index in [0.29, 0.717) is 0 Å². The number of allylic oxidation sites excluding steroid dienone is 5. The average Bonchev–Trinajstić information content (AvgIpc) is 3.21. The fraction of sp³-hybridized carbons (Fsp3) is 0.667. The minimum Gasteiger partial charge on any atom is -0.457 e. The normalized spacial score (nSPS) is 31.7. The first-order valence-electron chi connectivity index (χ1n) is 10.4. The van der Waals surface area contributed by atoms with Gasteiger partial charge in [0, 0.05) is 6.92 Å². The van der Waals surface area contributed by atoms with Crippen molar-refractivity contribution in [1.82, 2.24) is 0 Å². The van der Waals surface area contributed by atoms with Gasteiger partial charge in [0.05, 0.1) is 12.0 Å². The van der Waals surface area contributed by atoms with Gasteiger partial charge in [-0.3, -0.25) is 9.59 Å². The summed E-state index contributed by atoms with van der Waals surface area (Å²) in [6.45, 7) is 13.4. The largest absolute Gasteiger partial charge is 0.457 e. The molecule has 1 aliphatic heterocycles. The van der Waals surface area contributed by atoms with E-state index in [9.17, 15) is 9.59 Å². The number of carbonyl (C=O) groups is 2. The predicted octanol–water partition coefficient (Wildman–Crippen LogP) is 5.33. The number of esters is 1. The van der Waals surface area contributed by atoms with E-state index >= 15 is 0 Å². The Balaban J connectivity index is 2.54. The highest BCUT2D eigenvalue weighted by Crippen LogP contribution is 2.49. The Bertz CT molecular complexity index is 697. The molecule has 1 saturated heterocycles. The SMILES string of the molecule is CC(=O)OC1C(C(C)C)=CC=C(C)CCC=C(C)CCC2OC2(C)C1C(C)=O. The average molecular weight is 389 g/mol. The predicted molar refractivity (Wildman–Crippen MR) is 112 cm³/mol. The molecule has 1 fully saturated rings. The van der Waals surface area contributed by atoms with E-state index in [2.05, 4.69) is 39.8 Å². The van der Waals surface area contributed by atoms with Gasteiger partial charge in [-0.2, -0.15) is 0 Å². The minimum absolute atomic E-state index is 0.00265. The molecule has 4 unspecified atom stereocenters. The van der Waals surface area contributed by atoms with Crippen molar-refractivity contribution in [3.63, 3.8) is 0 Å². The van der Waals surface area contributed by atoms with Crippen LogP contribution in [0.25, 0.3) is 0 Å². The van der Waals surface area contributed by atoms with Crippen LogP contribution in [0, 0.1) is 11.8 Å². The Labute approximate surface area is 170 Å². The van der Waals surface area contributed by atoms with E-state index in [1.165, 1.54) is 18.1 Å². The third-order valence-corrected chi connectivity index (χ3v) is 6.02. The van der Waals surface area contributed by atoms with Crippen molar-refractivity contribution in [2.75, 3.05) is 0 Å². The summed E-state index contributed by atoms with van der Waals surface area (Å²) < 4.78 is 11.9. The van der Waals surface area contributed by atoms with Crippen LogP contribution in [0.5, 0.6) is 0 Å². The Morgan fingerprint density at radius 2 is 1.82 bits per heavy atom. The van der Waals surface area contributed by atoms with Crippen LogP contribution in [-0.2, 0) is 19.1 Å². The summed E-state index contributed by atoms with van der Waals surface area (Å²) in [4.78, 5) is 24.7. The lowest BCUT2D eigenvalue weighted by atomic mass is 9.77. The van der Waals surface area contributed by atoms with Crippen molar-refractivity contribution in [3.05, 3.63) is 34.9 Å². The second-order valence-corrected chi connectivity index (χ2v) is 8.87. The lowest BCUT2D eigenvalue weighted by molar-refractivity contribution is -0.150. The van der Waals surface area contributed by atoms with Gasteiger partial charge in [0.2, 0.25) is 0 Å². The van der Waals surface area contributed by atoms with Crippen LogP contribution >= 0.6 is 0 Å². The monoisotopic (exact) mass is 388 g/mol. The molecule has 1 aliphatic carbocycles. The summed E-state index contributed by atoms with van der Waals surface area (Å²) in [5.74, 6) is -0.728. The molecule has 1 heterocycles. The third kappa shape index (κ3) is 5.44. The van der Waals surface area contributed by atoms with Gasteiger partial charge in [-0.05, 0) is 64.9 Å². The maximum Gasteiger partial charge on any atom is 0.303 e. The number of fused-ring (bicyclic) bond motifs is 1. The molecule has 0 aromatic rings. The summed E-state index contributed by atoms with van der Waals surface area (Å²) in [7, 11) is 0. The third-order valence-electron chi connectivity index (χ3n) is 6.02. The van der Waals surface area contributed by atoms with Crippen LogP contribution in [0.15, 0.2) is 34.9 Å². The fourth-order valence-electron chi connectivity index (χ4n) is 4.26.